The molecule has 0 spiro atoms. The Balaban J connectivity index is 1.88. The molecule has 1 aromatic heterocycles. The van der Waals surface area contributed by atoms with Crippen LogP contribution in [0.4, 0.5) is 5.69 Å². The van der Waals surface area contributed by atoms with Gasteiger partial charge in [-0.1, -0.05) is 42.5 Å². The summed E-state index contributed by atoms with van der Waals surface area (Å²) in [4.78, 5) is 4.68. The third-order valence-corrected chi connectivity index (χ3v) is 5.82. The van der Waals surface area contributed by atoms with Crippen molar-refractivity contribution in [3.8, 4) is 21.8 Å². The van der Waals surface area contributed by atoms with E-state index in [1.54, 1.807) is 11.3 Å². The van der Waals surface area contributed by atoms with Crippen LogP contribution in [-0.2, 0) is 10.0 Å². The van der Waals surface area contributed by atoms with Crippen molar-refractivity contribution in [3.05, 3.63) is 60.0 Å². The van der Waals surface area contributed by atoms with Gasteiger partial charge in [-0.3, -0.25) is 4.31 Å². The van der Waals surface area contributed by atoms with Crippen molar-refractivity contribution in [2.24, 2.45) is 0 Å². The van der Waals surface area contributed by atoms with Crippen LogP contribution >= 0.6 is 11.3 Å². The molecular weight excluding hydrogens is 340 g/mol. The van der Waals surface area contributed by atoms with Crippen molar-refractivity contribution in [1.29, 1.82) is 0 Å². The Kier molecular flexibility index (Phi) is 4.69. The number of sulfonamides is 1. The Morgan fingerprint density at radius 1 is 1.00 bits per heavy atom. The molecule has 0 radical (unpaired) electrons. The summed E-state index contributed by atoms with van der Waals surface area (Å²) in [5, 5.41) is 2.99. The van der Waals surface area contributed by atoms with Gasteiger partial charge in [0, 0.05) is 23.1 Å². The highest BCUT2D eigenvalue weighted by Gasteiger charge is 2.15. The Hall–Kier alpha value is -2.18. The van der Waals surface area contributed by atoms with Crippen LogP contribution in [0.15, 0.2) is 60.0 Å². The average Bonchev–Trinajstić information content (AvgIpc) is 3.06. The number of nitrogens with zero attached hydrogens (tertiary/aromatic N) is 2. The lowest BCUT2D eigenvalue weighted by Gasteiger charge is -2.20. The van der Waals surface area contributed by atoms with Crippen LogP contribution in [0.2, 0.25) is 0 Å². The Morgan fingerprint density at radius 3 is 2.25 bits per heavy atom. The van der Waals surface area contributed by atoms with Crippen molar-refractivity contribution < 1.29 is 8.42 Å². The van der Waals surface area contributed by atoms with Gasteiger partial charge in [0.2, 0.25) is 10.0 Å². The SMILES string of the molecule is CCN(c1ccc(-c2csc(-c3ccccc3)n2)cc1)S(C)(=O)=O. The minimum atomic E-state index is -3.26. The number of aromatic nitrogens is 1. The van der Waals surface area contributed by atoms with Gasteiger partial charge in [0.1, 0.15) is 5.01 Å². The zero-order valence-electron chi connectivity index (χ0n) is 13.5. The fourth-order valence-electron chi connectivity index (χ4n) is 2.53. The lowest BCUT2D eigenvalue weighted by Crippen LogP contribution is -2.29. The van der Waals surface area contributed by atoms with E-state index in [1.807, 2.05) is 66.9 Å². The smallest absolute Gasteiger partial charge is 0.232 e. The van der Waals surface area contributed by atoms with E-state index in [1.165, 1.54) is 10.6 Å². The Morgan fingerprint density at radius 2 is 1.67 bits per heavy atom. The van der Waals surface area contributed by atoms with E-state index in [4.69, 9.17) is 0 Å². The van der Waals surface area contributed by atoms with Gasteiger partial charge < -0.3 is 0 Å². The summed E-state index contributed by atoms with van der Waals surface area (Å²) >= 11 is 1.60. The molecule has 4 nitrogen and oxygen atoms in total. The van der Waals surface area contributed by atoms with Crippen molar-refractivity contribution in [3.63, 3.8) is 0 Å². The van der Waals surface area contributed by atoms with Gasteiger partial charge in [0.25, 0.3) is 0 Å². The highest BCUT2D eigenvalue weighted by Crippen LogP contribution is 2.30. The minimum Gasteiger partial charge on any atom is -0.271 e. The third-order valence-electron chi connectivity index (χ3n) is 3.66. The molecule has 124 valence electrons. The quantitative estimate of drug-likeness (QED) is 0.685. The number of thiazole rings is 1. The molecule has 1 heterocycles. The van der Waals surface area contributed by atoms with E-state index < -0.39 is 10.0 Å². The third kappa shape index (κ3) is 3.49. The van der Waals surface area contributed by atoms with E-state index in [2.05, 4.69) is 4.98 Å². The molecular formula is C18H18N2O2S2. The highest BCUT2D eigenvalue weighted by molar-refractivity contribution is 7.92. The van der Waals surface area contributed by atoms with E-state index in [0.29, 0.717) is 12.2 Å². The van der Waals surface area contributed by atoms with Gasteiger partial charge in [-0.2, -0.15) is 0 Å². The molecule has 3 rings (SSSR count). The Labute approximate surface area is 146 Å². The van der Waals surface area contributed by atoms with Gasteiger partial charge in [-0.15, -0.1) is 11.3 Å². The van der Waals surface area contributed by atoms with Crippen molar-refractivity contribution >= 4 is 27.0 Å². The molecule has 0 atom stereocenters. The summed E-state index contributed by atoms with van der Waals surface area (Å²) in [5.74, 6) is 0. The first-order valence-electron chi connectivity index (χ1n) is 7.58. The molecule has 24 heavy (non-hydrogen) atoms. The topological polar surface area (TPSA) is 50.3 Å². The first kappa shape index (κ1) is 16.7. The summed E-state index contributed by atoms with van der Waals surface area (Å²) in [7, 11) is -3.26. The fourth-order valence-corrected chi connectivity index (χ4v) is 4.34. The van der Waals surface area contributed by atoms with Gasteiger partial charge in [0.05, 0.1) is 17.6 Å². The maximum absolute atomic E-state index is 11.8. The molecule has 2 aromatic carbocycles. The fraction of sp³-hybridized carbons (Fsp3) is 0.167. The standard InChI is InChI=1S/C18H18N2O2S2/c1-3-20(24(2,21)22)16-11-9-14(10-12-16)17-13-23-18(19-17)15-7-5-4-6-8-15/h4-13H,3H2,1-2H3. The van der Waals surface area contributed by atoms with Crippen LogP contribution in [0, 0.1) is 0 Å². The van der Waals surface area contributed by atoms with Crippen LogP contribution in [0.3, 0.4) is 0 Å². The Bertz CT molecular complexity index is 917. The molecule has 0 saturated carbocycles. The lowest BCUT2D eigenvalue weighted by molar-refractivity contribution is 0.598. The predicted octanol–water partition coefficient (Wildman–Crippen LogP) is 4.26. The van der Waals surface area contributed by atoms with E-state index in [0.717, 1.165) is 21.8 Å². The number of hydrogen-bond donors (Lipinski definition) is 0. The zero-order chi connectivity index (χ0) is 17.2. The molecule has 0 N–H and O–H groups in total. The van der Waals surface area contributed by atoms with Crippen molar-refractivity contribution in [1.82, 2.24) is 4.98 Å². The number of benzene rings is 2. The largest absolute Gasteiger partial charge is 0.271 e. The van der Waals surface area contributed by atoms with Crippen LogP contribution < -0.4 is 4.31 Å². The van der Waals surface area contributed by atoms with E-state index in [9.17, 15) is 8.42 Å². The molecule has 0 bridgehead atoms. The molecule has 0 fully saturated rings. The highest BCUT2D eigenvalue weighted by atomic mass is 32.2. The monoisotopic (exact) mass is 358 g/mol. The van der Waals surface area contributed by atoms with Crippen LogP contribution in [0.1, 0.15) is 6.92 Å². The maximum Gasteiger partial charge on any atom is 0.232 e. The molecule has 3 aromatic rings. The summed E-state index contributed by atoms with van der Waals surface area (Å²) < 4.78 is 25.0. The van der Waals surface area contributed by atoms with E-state index in [-0.39, 0.29) is 0 Å². The molecule has 0 aliphatic rings. The number of hydrogen-bond acceptors (Lipinski definition) is 4. The number of rotatable bonds is 5. The first-order chi connectivity index (χ1) is 11.5. The number of anilines is 1. The zero-order valence-corrected chi connectivity index (χ0v) is 15.1. The van der Waals surface area contributed by atoms with Crippen molar-refractivity contribution in [2.45, 2.75) is 6.92 Å². The summed E-state index contributed by atoms with van der Waals surface area (Å²) in [6.45, 7) is 2.23. The first-order valence-corrected chi connectivity index (χ1v) is 10.3. The maximum atomic E-state index is 11.8. The molecule has 0 saturated heterocycles. The second kappa shape index (κ2) is 6.75. The minimum absolute atomic E-state index is 0.410. The van der Waals surface area contributed by atoms with Crippen LogP contribution in [0.25, 0.3) is 21.8 Å². The van der Waals surface area contributed by atoms with Crippen molar-refractivity contribution in [2.75, 3.05) is 17.1 Å². The molecule has 6 heteroatoms. The van der Waals surface area contributed by atoms with Gasteiger partial charge in [0.15, 0.2) is 0 Å². The van der Waals surface area contributed by atoms with Crippen LogP contribution in [0.5, 0.6) is 0 Å². The summed E-state index contributed by atoms with van der Waals surface area (Å²) in [6.07, 6.45) is 1.22. The van der Waals surface area contributed by atoms with Gasteiger partial charge >= 0.3 is 0 Å². The normalized spacial score (nSPS) is 11.4. The van der Waals surface area contributed by atoms with Gasteiger partial charge in [-0.25, -0.2) is 13.4 Å². The summed E-state index contributed by atoms with van der Waals surface area (Å²) in [5.41, 5.74) is 3.64. The average molecular weight is 358 g/mol. The summed E-state index contributed by atoms with van der Waals surface area (Å²) in [6, 6.07) is 17.5. The lowest BCUT2D eigenvalue weighted by atomic mass is 10.1. The molecule has 0 unspecified atom stereocenters. The molecule has 0 amide bonds. The van der Waals surface area contributed by atoms with Crippen LogP contribution in [-0.4, -0.2) is 26.2 Å². The van der Waals surface area contributed by atoms with E-state index >= 15 is 0 Å². The molecule has 0 aliphatic heterocycles. The second-order valence-electron chi connectivity index (χ2n) is 5.38. The van der Waals surface area contributed by atoms with Gasteiger partial charge in [-0.05, 0) is 19.1 Å². The second-order valence-corrected chi connectivity index (χ2v) is 8.14. The predicted molar refractivity (Wildman–Crippen MR) is 101 cm³/mol. The molecule has 0 aliphatic carbocycles.